The van der Waals surface area contributed by atoms with Crippen LogP contribution in [0.3, 0.4) is 0 Å². The van der Waals surface area contributed by atoms with Crippen molar-refractivity contribution in [3.8, 4) is 56.4 Å². The second-order valence-corrected chi connectivity index (χ2v) is 13.6. The smallest absolute Gasteiger partial charge is 0.164 e. The third kappa shape index (κ3) is 7.35. The van der Waals surface area contributed by atoms with Crippen LogP contribution in [0.25, 0.3) is 67.6 Å². The molecule has 8 aromatic carbocycles. The van der Waals surface area contributed by atoms with Crippen molar-refractivity contribution >= 4 is 11.1 Å². The van der Waals surface area contributed by atoms with Gasteiger partial charge in [0.05, 0.1) is 0 Å². The predicted octanol–water partition coefficient (Wildman–Crippen LogP) is 13.2. The summed E-state index contributed by atoms with van der Waals surface area (Å²) in [5.41, 5.74) is 14.2. The number of hydrogen-bond donors (Lipinski definition) is 0. The summed E-state index contributed by atoms with van der Waals surface area (Å²) in [5, 5.41) is 0. The van der Waals surface area contributed by atoms with Gasteiger partial charge in [-0.3, -0.25) is 0 Å². The van der Waals surface area contributed by atoms with Gasteiger partial charge in [-0.05, 0) is 73.9 Å². The van der Waals surface area contributed by atoms with Crippen LogP contribution in [0.5, 0.6) is 0 Å². The Balaban J connectivity index is 1.17. The molecule has 0 bridgehead atoms. The molecular formula is C53H37N3. The SMILES string of the molecule is c1ccc(C(=C(c2ccccc2)c2cccc(-c3cccc(-c4nc(-c5ccccc5)nc(-c5cccc(-c6ccccc6)c5)n4)c3)c2)c2ccccc2)cc1. The topological polar surface area (TPSA) is 38.7 Å². The van der Waals surface area contributed by atoms with E-state index in [-0.39, 0.29) is 0 Å². The van der Waals surface area contributed by atoms with Crippen LogP contribution in [-0.4, -0.2) is 15.0 Å². The van der Waals surface area contributed by atoms with Crippen molar-refractivity contribution in [3.63, 3.8) is 0 Å². The van der Waals surface area contributed by atoms with Crippen LogP contribution < -0.4 is 0 Å². The molecule has 0 spiro atoms. The lowest BCUT2D eigenvalue weighted by Gasteiger charge is -2.19. The lowest BCUT2D eigenvalue weighted by atomic mass is 9.85. The summed E-state index contributed by atoms with van der Waals surface area (Å²) in [5.74, 6) is 1.89. The van der Waals surface area contributed by atoms with Gasteiger partial charge in [-0.25, -0.2) is 15.0 Å². The van der Waals surface area contributed by atoms with Gasteiger partial charge < -0.3 is 0 Å². The third-order valence-electron chi connectivity index (χ3n) is 9.94. The fraction of sp³-hybridized carbons (Fsp3) is 0. The molecule has 9 rings (SSSR count). The van der Waals surface area contributed by atoms with E-state index in [9.17, 15) is 0 Å². The van der Waals surface area contributed by atoms with Crippen molar-refractivity contribution in [3.05, 3.63) is 247 Å². The standard InChI is InChI=1S/C53H37N3/c1-6-19-38(20-7-1)43-29-17-33-47(36-43)52-54-51(42-27-14-5-15-28-42)55-53(56-52)48-34-18-31-45(37-48)44-30-16-32-46(35-44)50(41-25-12-4-13-26-41)49(39-21-8-2-9-22-39)40-23-10-3-11-24-40/h1-37H. The fourth-order valence-electron chi connectivity index (χ4n) is 7.24. The number of hydrogen-bond acceptors (Lipinski definition) is 3. The molecule has 0 atom stereocenters. The maximum atomic E-state index is 5.12. The molecule has 0 amide bonds. The van der Waals surface area contributed by atoms with Gasteiger partial charge in [0.1, 0.15) is 0 Å². The van der Waals surface area contributed by atoms with E-state index in [0.717, 1.165) is 50.1 Å². The molecule has 56 heavy (non-hydrogen) atoms. The van der Waals surface area contributed by atoms with Crippen molar-refractivity contribution in [2.75, 3.05) is 0 Å². The van der Waals surface area contributed by atoms with E-state index in [1.807, 2.05) is 36.4 Å². The Hall–Kier alpha value is -7.49. The molecule has 0 N–H and O–H groups in total. The fourth-order valence-corrected chi connectivity index (χ4v) is 7.24. The molecule has 3 nitrogen and oxygen atoms in total. The van der Waals surface area contributed by atoms with Gasteiger partial charge >= 0.3 is 0 Å². The molecule has 0 saturated carbocycles. The molecular weight excluding hydrogens is 679 g/mol. The summed E-state index contributed by atoms with van der Waals surface area (Å²) in [7, 11) is 0. The predicted molar refractivity (Wildman–Crippen MR) is 231 cm³/mol. The van der Waals surface area contributed by atoms with Crippen molar-refractivity contribution in [2.45, 2.75) is 0 Å². The molecule has 0 radical (unpaired) electrons. The Bertz CT molecular complexity index is 2720. The van der Waals surface area contributed by atoms with Crippen molar-refractivity contribution < 1.29 is 0 Å². The third-order valence-corrected chi connectivity index (χ3v) is 9.94. The van der Waals surface area contributed by atoms with Crippen LogP contribution in [0.2, 0.25) is 0 Å². The van der Waals surface area contributed by atoms with Crippen LogP contribution in [0.15, 0.2) is 224 Å². The largest absolute Gasteiger partial charge is 0.208 e. The summed E-state index contributed by atoms with van der Waals surface area (Å²) >= 11 is 0. The quantitative estimate of drug-likeness (QED) is 0.140. The minimum atomic E-state index is 0.622. The van der Waals surface area contributed by atoms with Crippen LogP contribution in [-0.2, 0) is 0 Å². The van der Waals surface area contributed by atoms with Crippen LogP contribution in [0.1, 0.15) is 22.3 Å². The molecule has 0 fully saturated rings. The van der Waals surface area contributed by atoms with Crippen LogP contribution >= 0.6 is 0 Å². The van der Waals surface area contributed by atoms with Crippen molar-refractivity contribution in [2.24, 2.45) is 0 Å². The maximum Gasteiger partial charge on any atom is 0.164 e. The molecule has 0 saturated heterocycles. The summed E-state index contributed by atoms with van der Waals surface area (Å²) < 4.78 is 0. The Morgan fingerprint density at radius 3 is 0.964 bits per heavy atom. The Morgan fingerprint density at radius 1 is 0.214 bits per heavy atom. The summed E-state index contributed by atoms with van der Waals surface area (Å²) in [6, 6.07) is 78.4. The summed E-state index contributed by atoms with van der Waals surface area (Å²) in [4.78, 5) is 15.2. The van der Waals surface area contributed by atoms with E-state index in [1.54, 1.807) is 0 Å². The highest BCUT2D eigenvalue weighted by Gasteiger charge is 2.18. The van der Waals surface area contributed by atoms with Gasteiger partial charge in [0.25, 0.3) is 0 Å². The lowest BCUT2D eigenvalue weighted by molar-refractivity contribution is 1.07. The minimum Gasteiger partial charge on any atom is -0.208 e. The summed E-state index contributed by atoms with van der Waals surface area (Å²) in [6.45, 7) is 0. The average molecular weight is 716 g/mol. The highest BCUT2D eigenvalue weighted by molar-refractivity contribution is 6.05. The first kappa shape index (κ1) is 34.3. The Kier molecular flexibility index (Phi) is 9.71. The molecule has 3 heteroatoms. The van der Waals surface area contributed by atoms with Gasteiger partial charge in [0.15, 0.2) is 17.5 Å². The van der Waals surface area contributed by atoms with Gasteiger partial charge in [-0.15, -0.1) is 0 Å². The molecule has 0 aliphatic carbocycles. The van der Waals surface area contributed by atoms with Crippen molar-refractivity contribution in [1.82, 2.24) is 15.0 Å². The van der Waals surface area contributed by atoms with E-state index >= 15 is 0 Å². The van der Waals surface area contributed by atoms with Crippen LogP contribution in [0.4, 0.5) is 0 Å². The van der Waals surface area contributed by atoms with Gasteiger partial charge in [0.2, 0.25) is 0 Å². The van der Waals surface area contributed by atoms with Crippen molar-refractivity contribution in [1.29, 1.82) is 0 Å². The summed E-state index contributed by atoms with van der Waals surface area (Å²) in [6.07, 6.45) is 0. The zero-order chi connectivity index (χ0) is 37.5. The number of rotatable bonds is 9. The highest BCUT2D eigenvalue weighted by atomic mass is 15.0. The van der Waals surface area contributed by atoms with Gasteiger partial charge in [-0.2, -0.15) is 0 Å². The molecule has 0 aliphatic rings. The number of nitrogens with zero attached hydrogens (tertiary/aromatic N) is 3. The number of benzene rings is 8. The van der Waals surface area contributed by atoms with E-state index in [2.05, 4.69) is 188 Å². The van der Waals surface area contributed by atoms with E-state index in [4.69, 9.17) is 15.0 Å². The first-order valence-electron chi connectivity index (χ1n) is 18.9. The minimum absolute atomic E-state index is 0.622. The van der Waals surface area contributed by atoms with Crippen LogP contribution in [0, 0.1) is 0 Å². The molecule has 0 unspecified atom stereocenters. The second kappa shape index (κ2) is 15.9. The Labute approximate surface area is 328 Å². The van der Waals surface area contributed by atoms with E-state index in [1.165, 1.54) is 22.3 Å². The Morgan fingerprint density at radius 2 is 0.500 bits per heavy atom. The number of aromatic nitrogens is 3. The molecule has 264 valence electrons. The van der Waals surface area contributed by atoms with Gasteiger partial charge in [-0.1, -0.05) is 206 Å². The molecule has 1 heterocycles. The average Bonchev–Trinajstić information content (AvgIpc) is 3.29. The molecule has 0 aliphatic heterocycles. The second-order valence-electron chi connectivity index (χ2n) is 13.6. The van der Waals surface area contributed by atoms with E-state index in [0.29, 0.717) is 17.5 Å². The normalized spacial score (nSPS) is 10.9. The van der Waals surface area contributed by atoms with E-state index < -0.39 is 0 Å². The monoisotopic (exact) mass is 715 g/mol. The molecule has 9 aromatic rings. The zero-order valence-corrected chi connectivity index (χ0v) is 30.7. The first-order valence-corrected chi connectivity index (χ1v) is 18.9. The van der Waals surface area contributed by atoms with Gasteiger partial charge in [0, 0.05) is 16.7 Å². The maximum absolute atomic E-state index is 5.12. The highest BCUT2D eigenvalue weighted by Crippen LogP contribution is 2.38. The first-order chi connectivity index (χ1) is 27.8. The zero-order valence-electron chi connectivity index (χ0n) is 30.7. The lowest BCUT2D eigenvalue weighted by Crippen LogP contribution is -2.00. The molecule has 1 aromatic heterocycles.